The standard InChI is InChI=1S/C17H27NO/c1-13(2)17(12-19)16-6-4-14(5-7-16)15-8-10-18(3)11-9-15/h4-7,13,15,17,19H,8-12H2,1-3H3. The van der Waals surface area contributed by atoms with Crippen molar-refractivity contribution in [2.75, 3.05) is 26.7 Å². The Morgan fingerprint density at radius 3 is 2.21 bits per heavy atom. The van der Waals surface area contributed by atoms with E-state index in [-0.39, 0.29) is 12.5 Å². The largest absolute Gasteiger partial charge is 0.396 e. The first-order valence-electron chi connectivity index (χ1n) is 7.51. The number of aliphatic hydroxyl groups is 1. The van der Waals surface area contributed by atoms with Crippen molar-refractivity contribution in [3.63, 3.8) is 0 Å². The number of nitrogens with zero attached hydrogens (tertiary/aromatic N) is 1. The number of hydrogen-bond acceptors (Lipinski definition) is 2. The van der Waals surface area contributed by atoms with Gasteiger partial charge in [0.15, 0.2) is 0 Å². The SMILES string of the molecule is CC(C)C(CO)c1ccc(C2CCN(C)CC2)cc1. The van der Waals surface area contributed by atoms with Crippen LogP contribution in [-0.2, 0) is 0 Å². The Morgan fingerprint density at radius 2 is 1.74 bits per heavy atom. The van der Waals surface area contributed by atoms with Crippen LogP contribution < -0.4 is 0 Å². The van der Waals surface area contributed by atoms with Gasteiger partial charge in [0.05, 0.1) is 6.61 Å². The topological polar surface area (TPSA) is 23.5 Å². The zero-order valence-corrected chi connectivity index (χ0v) is 12.5. The molecule has 0 radical (unpaired) electrons. The Morgan fingerprint density at radius 1 is 1.16 bits per heavy atom. The molecule has 0 spiro atoms. The van der Waals surface area contributed by atoms with Crippen LogP contribution in [0, 0.1) is 5.92 Å². The van der Waals surface area contributed by atoms with Crippen molar-refractivity contribution in [2.24, 2.45) is 5.92 Å². The second kappa shape index (κ2) is 6.53. The van der Waals surface area contributed by atoms with E-state index in [1.807, 2.05) is 0 Å². The molecule has 1 N–H and O–H groups in total. The van der Waals surface area contributed by atoms with Crippen LogP contribution in [0.1, 0.15) is 49.7 Å². The van der Waals surface area contributed by atoms with E-state index >= 15 is 0 Å². The molecule has 1 aliphatic heterocycles. The first kappa shape index (κ1) is 14.5. The Balaban J connectivity index is 2.05. The Kier molecular flexibility index (Phi) is 5.00. The van der Waals surface area contributed by atoms with Gasteiger partial charge in [0.25, 0.3) is 0 Å². The molecule has 1 heterocycles. The van der Waals surface area contributed by atoms with Crippen LogP contribution >= 0.6 is 0 Å². The first-order valence-corrected chi connectivity index (χ1v) is 7.51. The summed E-state index contributed by atoms with van der Waals surface area (Å²) in [7, 11) is 2.20. The summed E-state index contributed by atoms with van der Waals surface area (Å²) in [6, 6.07) is 8.98. The molecule has 106 valence electrons. The van der Waals surface area contributed by atoms with Crippen LogP contribution in [0.4, 0.5) is 0 Å². The summed E-state index contributed by atoms with van der Waals surface area (Å²) < 4.78 is 0. The molecule has 0 aromatic heterocycles. The molecule has 0 bridgehead atoms. The van der Waals surface area contributed by atoms with Crippen LogP contribution in [-0.4, -0.2) is 36.8 Å². The van der Waals surface area contributed by atoms with Crippen molar-refractivity contribution in [3.8, 4) is 0 Å². The van der Waals surface area contributed by atoms with Gasteiger partial charge in [0.1, 0.15) is 0 Å². The number of likely N-dealkylation sites (tertiary alicyclic amines) is 1. The summed E-state index contributed by atoms with van der Waals surface area (Å²) in [5.41, 5.74) is 2.74. The number of hydrogen-bond donors (Lipinski definition) is 1. The molecule has 1 aromatic rings. The lowest BCUT2D eigenvalue weighted by Gasteiger charge is -2.29. The second-order valence-corrected chi connectivity index (χ2v) is 6.28. The highest BCUT2D eigenvalue weighted by Gasteiger charge is 2.19. The Labute approximate surface area is 117 Å². The summed E-state index contributed by atoms with van der Waals surface area (Å²) >= 11 is 0. The van der Waals surface area contributed by atoms with Crippen LogP contribution in [0.2, 0.25) is 0 Å². The van der Waals surface area contributed by atoms with Gasteiger partial charge in [-0.1, -0.05) is 38.1 Å². The van der Waals surface area contributed by atoms with Gasteiger partial charge in [-0.2, -0.15) is 0 Å². The third-order valence-corrected chi connectivity index (χ3v) is 4.56. The summed E-state index contributed by atoms with van der Waals surface area (Å²) in [5.74, 6) is 1.47. The zero-order chi connectivity index (χ0) is 13.8. The van der Waals surface area contributed by atoms with E-state index in [1.165, 1.54) is 37.1 Å². The van der Waals surface area contributed by atoms with E-state index < -0.39 is 0 Å². The molecule has 0 aliphatic carbocycles. The van der Waals surface area contributed by atoms with Crippen molar-refractivity contribution in [1.29, 1.82) is 0 Å². The fourth-order valence-corrected chi connectivity index (χ4v) is 3.06. The molecule has 1 fully saturated rings. The van der Waals surface area contributed by atoms with E-state index in [1.54, 1.807) is 0 Å². The molecule has 1 atom stereocenters. The van der Waals surface area contributed by atoms with Crippen LogP contribution in [0.25, 0.3) is 0 Å². The smallest absolute Gasteiger partial charge is 0.0502 e. The molecule has 0 amide bonds. The summed E-state index contributed by atoms with van der Waals surface area (Å²) in [6.07, 6.45) is 2.53. The molecule has 1 aromatic carbocycles. The molecule has 1 unspecified atom stereocenters. The second-order valence-electron chi connectivity index (χ2n) is 6.28. The van der Waals surface area contributed by atoms with Crippen molar-refractivity contribution < 1.29 is 5.11 Å². The maximum absolute atomic E-state index is 9.49. The Hall–Kier alpha value is -0.860. The third kappa shape index (κ3) is 3.58. The van der Waals surface area contributed by atoms with Crippen molar-refractivity contribution in [3.05, 3.63) is 35.4 Å². The lowest BCUT2D eigenvalue weighted by atomic mass is 9.85. The van der Waals surface area contributed by atoms with Gasteiger partial charge in [-0.3, -0.25) is 0 Å². The van der Waals surface area contributed by atoms with E-state index in [0.717, 1.165) is 5.92 Å². The highest BCUT2D eigenvalue weighted by molar-refractivity contribution is 5.28. The fraction of sp³-hybridized carbons (Fsp3) is 0.647. The highest BCUT2D eigenvalue weighted by atomic mass is 16.3. The Bertz CT molecular complexity index is 377. The van der Waals surface area contributed by atoms with Crippen molar-refractivity contribution >= 4 is 0 Å². The number of aliphatic hydroxyl groups excluding tert-OH is 1. The fourth-order valence-electron chi connectivity index (χ4n) is 3.06. The van der Waals surface area contributed by atoms with Gasteiger partial charge >= 0.3 is 0 Å². The molecule has 2 nitrogen and oxygen atoms in total. The van der Waals surface area contributed by atoms with E-state index in [9.17, 15) is 5.11 Å². The minimum Gasteiger partial charge on any atom is -0.396 e. The van der Waals surface area contributed by atoms with Crippen molar-refractivity contribution in [1.82, 2.24) is 4.90 Å². The van der Waals surface area contributed by atoms with Crippen molar-refractivity contribution in [2.45, 2.75) is 38.5 Å². The minimum absolute atomic E-state index is 0.241. The summed E-state index contributed by atoms with van der Waals surface area (Å²) in [6.45, 7) is 7.00. The molecule has 2 rings (SSSR count). The number of piperidine rings is 1. The van der Waals surface area contributed by atoms with Gasteiger partial charge in [-0.05, 0) is 55.9 Å². The molecule has 1 aliphatic rings. The van der Waals surface area contributed by atoms with Gasteiger partial charge in [-0.25, -0.2) is 0 Å². The predicted molar refractivity (Wildman–Crippen MR) is 80.6 cm³/mol. The highest BCUT2D eigenvalue weighted by Crippen LogP contribution is 2.30. The lowest BCUT2D eigenvalue weighted by Crippen LogP contribution is -2.29. The van der Waals surface area contributed by atoms with Crippen LogP contribution in [0.15, 0.2) is 24.3 Å². The first-order chi connectivity index (χ1) is 9.11. The maximum atomic E-state index is 9.49. The molecular formula is C17H27NO. The van der Waals surface area contributed by atoms with Crippen LogP contribution in [0.3, 0.4) is 0 Å². The average Bonchev–Trinajstić information content (AvgIpc) is 2.41. The van der Waals surface area contributed by atoms with Gasteiger partial charge in [-0.15, -0.1) is 0 Å². The normalized spacial score (nSPS) is 19.8. The molecule has 19 heavy (non-hydrogen) atoms. The van der Waals surface area contributed by atoms with E-state index in [2.05, 4.69) is 50.1 Å². The van der Waals surface area contributed by atoms with E-state index in [0.29, 0.717) is 5.92 Å². The quantitative estimate of drug-likeness (QED) is 0.899. The van der Waals surface area contributed by atoms with E-state index in [4.69, 9.17) is 0 Å². The number of benzene rings is 1. The minimum atomic E-state index is 0.241. The predicted octanol–water partition coefficient (Wildman–Crippen LogP) is 3.23. The molecule has 1 saturated heterocycles. The van der Waals surface area contributed by atoms with Gasteiger partial charge in [0.2, 0.25) is 0 Å². The molecule has 2 heteroatoms. The lowest BCUT2D eigenvalue weighted by molar-refractivity contribution is 0.237. The number of rotatable bonds is 4. The monoisotopic (exact) mass is 261 g/mol. The zero-order valence-electron chi connectivity index (χ0n) is 12.5. The molecule has 0 saturated carbocycles. The third-order valence-electron chi connectivity index (χ3n) is 4.56. The van der Waals surface area contributed by atoms with Crippen LogP contribution in [0.5, 0.6) is 0 Å². The van der Waals surface area contributed by atoms with Gasteiger partial charge < -0.3 is 10.0 Å². The van der Waals surface area contributed by atoms with Gasteiger partial charge in [0, 0.05) is 5.92 Å². The summed E-state index contributed by atoms with van der Waals surface area (Å²) in [5, 5.41) is 9.49. The summed E-state index contributed by atoms with van der Waals surface area (Å²) in [4.78, 5) is 2.41. The average molecular weight is 261 g/mol. The maximum Gasteiger partial charge on any atom is 0.0502 e. The molecular weight excluding hydrogens is 234 g/mol.